The SMILES string of the molecule is O=S(=O)(c1cccc(F)c1)c1cn(CC2CCCCN2)c2nc(F)ccc12. The third-order valence-electron chi connectivity index (χ3n) is 4.88. The number of rotatable bonds is 4. The minimum atomic E-state index is -3.96. The van der Waals surface area contributed by atoms with E-state index in [0.717, 1.165) is 37.9 Å². The Kier molecular flexibility index (Phi) is 4.69. The molecule has 8 heteroatoms. The van der Waals surface area contributed by atoms with Crippen LogP contribution in [0.15, 0.2) is 52.4 Å². The van der Waals surface area contributed by atoms with Crippen LogP contribution < -0.4 is 5.32 Å². The maximum atomic E-state index is 13.7. The van der Waals surface area contributed by atoms with Gasteiger partial charge in [-0.25, -0.2) is 17.8 Å². The molecular formula is C19H19F2N3O2S. The van der Waals surface area contributed by atoms with Crippen LogP contribution in [-0.2, 0) is 16.4 Å². The molecule has 1 N–H and O–H groups in total. The van der Waals surface area contributed by atoms with E-state index >= 15 is 0 Å². The highest BCUT2D eigenvalue weighted by molar-refractivity contribution is 7.91. The molecule has 0 spiro atoms. The van der Waals surface area contributed by atoms with Crippen LogP contribution in [-0.4, -0.2) is 30.6 Å². The van der Waals surface area contributed by atoms with Crippen LogP contribution in [0.2, 0.25) is 0 Å². The van der Waals surface area contributed by atoms with Gasteiger partial charge in [0.1, 0.15) is 11.5 Å². The Morgan fingerprint density at radius 3 is 2.78 bits per heavy atom. The molecule has 5 nitrogen and oxygen atoms in total. The van der Waals surface area contributed by atoms with Crippen molar-refractivity contribution < 1.29 is 17.2 Å². The molecule has 0 radical (unpaired) electrons. The second-order valence-electron chi connectivity index (χ2n) is 6.76. The van der Waals surface area contributed by atoms with Gasteiger partial charge in [-0.3, -0.25) is 0 Å². The predicted octanol–water partition coefficient (Wildman–Crippen LogP) is 3.29. The molecule has 4 rings (SSSR count). The summed E-state index contributed by atoms with van der Waals surface area (Å²) in [5, 5.41) is 3.72. The van der Waals surface area contributed by atoms with Crippen LogP contribution in [0.1, 0.15) is 19.3 Å². The van der Waals surface area contributed by atoms with E-state index in [1.165, 1.54) is 30.5 Å². The summed E-state index contributed by atoms with van der Waals surface area (Å²) in [5.41, 5.74) is 0.275. The fourth-order valence-corrected chi connectivity index (χ4v) is 5.03. The largest absolute Gasteiger partial charge is 0.329 e. The third-order valence-corrected chi connectivity index (χ3v) is 6.66. The molecule has 1 atom stereocenters. The van der Waals surface area contributed by atoms with Crippen LogP contribution in [0.4, 0.5) is 8.78 Å². The predicted molar refractivity (Wildman–Crippen MR) is 97.2 cm³/mol. The number of fused-ring (bicyclic) bond motifs is 1. The number of nitrogens with zero attached hydrogens (tertiary/aromatic N) is 2. The number of aromatic nitrogens is 2. The number of piperidine rings is 1. The highest BCUT2D eigenvalue weighted by atomic mass is 32.2. The molecule has 1 aromatic carbocycles. The molecule has 1 unspecified atom stereocenters. The highest BCUT2D eigenvalue weighted by Gasteiger charge is 2.26. The van der Waals surface area contributed by atoms with Gasteiger partial charge < -0.3 is 9.88 Å². The maximum absolute atomic E-state index is 13.7. The average molecular weight is 391 g/mol. The molecule has 1 aliphatic heterocycles. The normalized spacial score (nSPS) is 18.1. The fourth-order valence-electron chi connectivity index (χ4n) is 3.54. The summed E-state index contributed by atoms with van der Waals surface area (Å²) in [5.74, 6) is -1.30. The summed E-state index contributed by atoms with van der Waals surface area (Å²) >= 11 is 0. The lowest BCUT2D eigenvalue weighted by Crippen LogP contribution is -2.37. The van der Waals surface area contributed by atoms with Crippen molar-refractivity contribution in [2.75, 3.05) is 6.54 Å². The molecule has 1 fully saturated rings. The van der Waals surface area contributed by atoms with Crippen LogP contribution in [0, 0.1) is 11.8 Å². The standard InChI is InChI=1S/C19H19F2N3O2S/c20-13-4-3-6-15(10-13)27(25,26)17-12-24(11-14-5-1-2-9-22-14)19-16(17)7-8-18(21)23-19/h3-4,6-8,10,12,14,22H,1-2,5,9,11H2. The van der Waals surface area contributed by atoms with Crippen LogP contribution >= 0.6 is 0 Å². The molecule has 3 heterocycles. The zero-order chi connectivity index (χ0) is 19.0. The number of benzene rings is 1. The first-order chi connectivity index (χ1) is 12.9. The molecule has 1 saturated heterocycles. The number of hydrogen-bond acceptors (Lipinski definition) is 4. The molecule has 0 saturated carbocycles. The van der Waals surface area contributed by atoms with Gasteiger partial charge >= 0.3 is 0 Å². The van der Waals surface area contributed by atoms with Crippen molar-refractivity contribution in [2.24, 2.45) is 0 Å². The van der Waals surface area contributed by atoms with Crippen LogP contribution in [0.5, 0.6) is 0 Å². The van der Waals surface area contributed by atoms with Crippen LogP contribution in [0.25, 0.3) is 11.0 Å². The Hall–Kier alpha value is -2.32. The molecule has 1 aliphatic rings. The van der Waals surface area contributed by atoms with Crippen molar-refractivity contribution in [3.8, 4) is 0 Å². The molecular weight excluding hydrogens is 372 g/mol. The number of sulfone groups is 1. The number of pyridine rings is 1. The van der Waals surface area contributed by atoms with E-state index in [2.05, 4.69) is 10.3 Å². The van der Waals surface area contributed by atoms with Gasteiger partial charge in [-0.1, -0.05) is 12.5 Å². The zero-order valence-electron chi connectivity index (χ0n) is 14.5. The molecule has 27 heavy (non-hydrogen) atoms. The summed E-state index contributed by atoms with van der Waals surface area (Å²) in [4.78, 5) is 3.79. The number of nitrogens with one attached hydrogen (secondary N) is 1. The van der Waals surface area contributed by atoms with E-state index in [0.29, 0.717) is 11.9 Å². The quantitative estimate of drug-likeness (QED) is 0.694. The van der Waals surface area contributed by atoms with Gasteiger partial charge in [0.05, 0.1) is 9.79 Å². The Labute approximate surface area is 155 Å². The number of halogens is 2. The summed E-state index contributed by atoms with van der Waals surface area (Å²) in [6.45, 7) is 1.39. The fraction of sp³-hybridized carbons (Fsp3) is 0.316. The highest BCUT2D eigenvalue weighted by Crippen LogP contribution is 2.30. The van der Waals surface area contributed by atoms with Crippen LogP contribution in [0.3, 0.4) is 0 Å². The molecule has 0 bridgehead atoms. The Balaban J connectivity index is 1.83. The minimum Gasteiger partial charge on any atom is -0.329 e. The van der Waals surface area contributed by atoms with E-state index in [1.54, 1.807) is 4.57 Å². The van der Waals surface area contributed by atoms with E-state index in [9.17, 15) is 17.2 Å². The Morgan fingerprint density at radius 2 is 2.04 bits per heavy atom. The zero-order valence-corrected chi connectivity index (χ0v) is 15.3. The molecule has 142 valence electrons. The van der Waals surface area contributed by atoms with Crippen molar-refractivity contribution in [1.82, 2.24) is 14.9 Å². The topological polar surface area (TPSA) is 64.0 Å². The van der Waals surface area contributed by atoms with Gasteiger partial charge in [0.25, 0.3) is 0 Å². The van der Waals surface area contributed by atoms with Crippen molar-refractivity contribution in [3.63, 3.8) is 0 Å². The second-order valence-corrected chi connectivity index (χ2v) is 8.68. The summed E-state index contributed by atoms with van der Waals surface area (Å²) in [7, 11) is -3.96. The van der Waals surface area contributed by atoms with Crippen molar-refractivity contribution in [2.45, 2.75) is 41.6 Å². The monoisotopic (exact) mass is 391 g/mol. The van der Waals surface area contributed by atoms with Gasteiger partial charge in [-0.05, 0) is 49.7 Å². The third kappa shape index (κ3) is 3.46. The lowest BCUT2D eigenvalue weighted by molar-refractivity contribution is 0.365. The maximum Gasteiger partial charge on any atom is 0.214 e. The summed E-state index contributed by atoms with van der Waals surface area (Å²) < 4.78 is 55.1. The first kappa shape index (κ1) is 18.1. The number of hydrogen-bond donors (Lipinski definition) is 1. The molecule has 2 aromatic heterocycles. The van der Waals surface area contributed by atoms with E-state index < -0.39 is 21.6 Å². The van der Waals surface area contributed by atoms with Gasteiger partial charge in [0.15, 0.2) is 0 Å². The lowest BCUT2D eigenvalue weighted by Gasteiger charge is -2.24. The second kappa shape index (κ2) is 7.01. The Bertz CT molecular complexity index is 1090. The van der Waals surface area contributed by atoms with E-state index in [-0.39, 0.29) is 21.5 Å². The summed E-state index contributed by atoms with van der Waals surface area (Å²) in [6, 6.07) is 7.59. The minimum absolute atomic E-state index is 0.00593. The molecule has 3 aromatic rings. The van der Waals surface area contributed by atoms with E-state index in [4.69, 9.17) is 0 Å². The Morgan fingerprint density at radius 1 is 1.19 bits per heavy atom. The first-order valence-electron chi connectivity index (χ1n) is 8.84. The van der Waals surface area contributed by atoms with Gasteiger partial charge in [-0.15, -0.1) is 0 Å². The van der Waals surface area contributed by atoms with Gasteiger partial charge in [0.2, 0.25) is 15.8 Å². The molecule has 0 amide bonds. The van der Waals surface area contributed by atoms with Gasteiger partial charge in [-0.2, -0.15) is 4.39 Å². The van der Waals surface area contributed by atoms with Gasteiger partial charge in [0, 0.05) is 24.2 Å². The lowest BCUT2D eigenvalue weighted by atomic mass is 10.1. The van der Waals surface area contributed by atoms with Crippen molar-refractivity contribution in [1.29, 1.82) is 0 Å². The molecule has 0 aliphatic carbocycles. The van der Waals surface area contributed by atoms with Crippen molar-refractivity contribution in [3.05, 3.63) is 54.4 Å². The van der Waals surface area contributed by atoms with E-state index in [1.807, 2.05) is 0 Å². The smallest absolute Gasteiger partial charge is 0.214 e. The summed E-state index contributed by atoms with van der Waals surface area (Å²) in [6.07, 6.45) is 4.64. The average Bonchev–Trinajstić information content (AvgIpc) is 3.01. The van der Waals surface area contributed by atoms with Crippen molar-refractivity contribution >= 4 is 20.9 Å². The first-order valence-corrected chi connectivity index (χ1v) is 10.3.